The second-order valence-corrected chi connectivity index (χ2v) is 12.5. The molecule has 0 spiro atoms. The Kier molecular flexibility index (Phi) is 25.1. The van der Waals surface area contributed by atoms with Crippen molar-refractivity contribution in [1.29, 1.82) is 0 Å². The Morgan fingerprint density at radius 1 is 0.722 bits per heavy atom. The molecule has 0 aliphatic carbocycles. The molecule has 6 nitrogen and oxygen atoms in total. The van der Waals surface area contributed by atoms with Crippen molar-refractivity contribution in [3.05, 3.63) is 0 Å². The van der Waals surface area contributed by atoms with Crippen LogP contribution in [0.15, 0.2) is 0 Å². The quantitative estimate of drug-likeness (QED) is 0.0630. The Morgan fingerprint density at radius 2 is 1.22 bits per heavy atom. The number of carbonyl (C=O) groups is 1. The second kappa shape index (κ2) is 25.2. The molecule has 0 aromatic rings. The van der Waals surface area contributed by atoms with Gasteiger partial charge in [-0.05, 0) is 13.3 Å². The Hall–Kier alpha value is -0.100. The van der Waals surface area contributed by atoms with Gasteiger partial charge in [0.25, 0.3) is 0 Å². The molecule has 0 fully saturated rings. The Morgan fingerprint density at radius 3 is 1.69 bits per heavy atom. The summed E-state index contributed by atoms with van der Waals surface area (Å²) in [6.45, 7) is 6.82. The monoisotopic (exact) mass is 534 g/mol. The summed E-state index contributed by atoms with van der Waals surface area (Å²) in [4.78, 5) is 21.6. The molecule has 216 valence electrons. The first-order chi connectivity index (χ1) is 17.2. The van der Waals surface area contributed by atoms with Crippen LogP contribution in [0.25, 0.3) is 0 Å². The predicted molar refractivity (Wildman–Crippen MR) is 153 cm³/mol. The SMILES string of the molecule is CCCCCCCCCCCCCCCCCOCC(COP(O)OCCC[N+](C)(C)C)CC(C)=O. The highest BCUT2D eigenvalue weighted by Gasteiger charge is 2.16. The Bertz CT molecular complexity index is 487. The smallest absolute Gasteiger partial charge is 0.329 e. The molecule has 0 amide bonds. The summed E-state index contributed by atoms with van der Waals surface area (Å²) in [7, 11) is 4.49. The summed E-state index contributed by atoms with van der Waals surface area (Å²) >= 11 is 0. The molecule has 0 aromatic carbocycles. The molecular formula is C29H61NO5P+. The van der Waals surface area contributed by atoms with Crippen molar-refractivity contribution in [2.45, 2.75) is 123 Å². The standard InChI is InChI=1S/C29H61NO5P/c1-6-7-8-9-10-11-12-13-14-15-16-17-18-19-20-23-33-26-29(25-28(2)31)27-35-36(32)34-24-21-22-30(3,4)5/h29,32H,6-27H2,1-5H3/q+1. The van der Waals surface area contributed by atoms with E-state index in [0.29, 0.717) is 19.6 Å². The fraction of sp³-hybridized carbons (Fsp3) is 0.966. The van der Waals surface area contributed by atoms with E-state index < -0.39 is 8.60 Å². The third-order valence-corrected chi connectivity index (χ3v) is 7.19. The van der Waals surface area contributed by atoms with E-state index in [9.17, 15) is 9.69 Å². The average Bonchev–Trinajstić information content (AvgIpc) is 2.81. The third kappa shape index (κ3) is 28.5. The lowest BCUT2D eigenvalue weighted by Crippen LogP contribution is -2.35. The van der Waals surface area contributed by atoms with Crippen LogP contribution >= 0.6 is 8.60 Å². The second-order valence-electron chi connectivity index (χ2n) is 11.5. The van der Waals surface area contributed by atoms with Crippen LogP contribution < -0.4 is 0 Å². The lowest BCUT2D eigenvalue weighted by atomic mass is 10.0. The van der Waals surface area contributed by atoms with E-state index in [1.807, 2.05) is 0 Å². The van der Waals surface area contributed by atoms with Gasteiger partial charge in [0.05, 0.1) is 47.5 Å². The molecule has 0 aliphatic heterocycles. The molecule has 0 aromatic heterocycles. The largest absolute Gasteiger partial charge is 0.381 e. The molecule has 0 rings (SSSR count). The summed E-state index contributed by atoms with van der Waals surface area (Å²) in [6.07, 6.45) is 21.6. The Balaban J connectivity index is 3.62. The van der Waals surface area contributed by atoms with E-state index in [-0.39, 0.29) is 18.3 Å². The van der Waals surface area contributed by atoms with E-state index in [1.54, 1.807) is 6.92 Å². The molecule has 0 radical (unpaired) electrons. The van der Waals surface area contributed by atoms with Crippen LogP contribution in [0.1, 0.15) is 123 Å². The predicted octanol–water partition coefficient (Wildman–Crippen LogP) is 7.82. The number of ketones is 1. The summed E-state index contributed by atoms with van der Waals surface area (Å²) in [5.41, 5.74) is 0. The maximum atomic E-state index is 11.6. The number of ether oxygens (including phenoxy) is 1. The van der Waals surface area contributed by atoms with Crippen molar-refractivity contribution >= 4 is 14.4 Å². The summed E-state index contributed by atoms with van der Waals surface area (Å²) in [6, 6.07) is 0. The van der Waals surface area contributed by atoms with Crippen LogP contribution in [0.3, 0.4) is 0 Å². The highest BCUT2D eigenvalue weighted by atomic mass is 31.2. The van der Waals surface area contributed by atoms with Gasteiger partial charge in [0.1, 0.15) is 5.78 Å². The van der Waals surface area contributed by atoms with Gasteiger partial charge < -0.3 is 28.0 Å². The molecule has 1 N–H and O–H groups in total. The van der Waals surface area contributed by atoms with Crippen molar-refractivity contribution in [2.24, 2.45) is 5.92 Å². The van der Waals surface area contributed by atoms with Gasteiger partial charge in [-0.2, -0.15) is 0 Å². The first-order valence-corrected chi connectivity index (χ1v) is 16.0. The van der Waals surface area contributed by atoms with Gasteiger partial charge in [0, 0.05) is 25.4 Å². The minimum atomic E-state index is -1.90. The molecule has 0 heterocycles. The summed E-state index contributed by atoms with van der Waals surface area (Å²) in [5.74, 6) is 0.0798. The zero-order valence-corrected chi connectivity index (χ0v) is 25.5. The number of rotatable bonds is 28. The molecule has 0 saturated carbocycles. The molecular weight excluding hydrogens is 473 g/mol. The topological polar surface area (TPSA) is 65.0 Å². The van der Waals surface area contributed by atoms with E-state index in [0.717, 1.165) is 30.5 Å². The van der Waals surface area contributed by atoms with Crippen LogP contribution in [0.5, 0.6) is 0 Å². The van der Waals surface area contributed by atoms with Crippen molar-refractivity contribution in [1.82, 2.24) is 0 Å². The maximum Gasteiger partial charge on any atom is 0.329 e. The van der Waals surface area contributed by atoms with E-state index in [2.05, 4.69) is 28.1 Å². The van der Waals surface area contributed by atoms with Gasteiger partial charge in [0.15, 0.2) is 0 Å². The van der Waals surface area contributed by atoms with Crippen LogP contribution in [-0.4, -0.2) is 69.3 Å². The fourth-order valence-corrected chi connectivity index (χ4v) is 4.98. The van der Waals surface area contributed by atoms with Crippen LogP contribution in [0.2, 0.25) is 0 Å². The number of Topliss-reactive ketones (excluding diaryl/α,β-unsaturated/α-hetero) is 1. The zero-order chi connectivity index (χ0) is 26.9. The van der Waals surface area contributed by atoms with Gasteiger partial charge in [-0.1, -0.05) is 96.8 Å². The number of quaternary nitrogens is 1. The molecule has 0 bridgehead atoms. The highest BCUT2D eigenvalue weighted by Crippen LogP contribution is 2.33. The van der Waals surface area contributed by atoms with E-state index >= 15 is 0 Å². The van der Waals surface area contributed by atoms with Crippen molar-refractivity contribution in [3.8, 4) is 0 Å². The maximum absolute atomic E-state index is 11.6. The number of hydrogen-bond acceptors (Lipinski definition) is 5. The molecule has 0 aliphatic rings. The number of nitrogens with zero attached hydrogens (tertiary/aromatic N) is 1. The average molecular weight is 535 g/mol. The Labute approximate surface area is 225 Å². The highest BCUT2D eigenvalue weighted by molar-refractivity contribution is 7.40. The van der Waals surface area contributed by atoms with Crippen LogP contribution in [-0.2, 0) is 18.6 Å². The number of hydrogen-bond donors (Lipinski definition) is 1. The molecule has 7 heteroatoms. The first kappa shape index (κ1) is 35.9. The van der Waals surface area contributed by atoms with Crippen molar-refractivity contribution in [3.63, 3.8) is 0 Å². The van der Waals surface area contributed by atoms with Gasteiger partial charge >= 0.3 is 8.60 Å². The molecule has 2 atom stereocenters. The lowest BCUT2D eigenvalue weighted by molar-refractivity contribution is -0.870. The molecule has 0 saturated heterocycles. The van der Waals surface area contributed by atoms with Gasteiger partial charge in [-0.15, -0.1) is 0 Å². The van der Waals surface area contributed by atoms with Crippen LogP contribution in [0.4, 0.5) is 0 Å². The fourth-order valence-electron chi connectivity index (χ4n) is 4.29. The van der Waals surface area contributed by atoms with Gasteiger partial charge in [-0.25, -0.2) is 0 Å². The minimum Gasteiger partial charge on any atom is -0.381 e. The number of unbranched alkanes of at least 4 members (excludes halogenated alkanes) is 14. The van der Waals surface area contributed by atoms with Gasteiger partial charge in [-0.3, -0.25) is 0 Å². The normalized spacial score (nSPS) is 13.7. The van der Waals surface area contributed by atoms with Crippen LogP contribution in [0, 0.1) is 5.92 Å². The summed E-state index contributed by atoms with van der Waals surface area (Å²) in [5, 5.41) is 0. The lowest BCUT2D eigenvalue weighted by Gasteiger charge is -2.23. The minimum absolute atomic E-state index is 0.0363. The van der Waals surface area contributed by atoms with E-state index in [1.165, 1.54) is 89.9 Å². The van der Waals surface area contributed by atoms with E-state index in [4.69, 9.17) is 13.8 Å². The summed E-state index contributed by atoms with van der Waals surface area (Å²) < 4.78 is 17.6. The van der Waals surface area contributed by atoms with Gasteiger partial charge in [0.2, 0.25) is 0 Å². The van der Waals surface area contributed by atoms with Crippen molar-refractivity contribution in [2.75, 3.05) is 54.1 Å². The van der Waals surface area contributed by atoms with Crippen molar-refractivity contribution < 1.29 is 28.0 Å². The zero-order valence-electron chi connectivity index (χ0n) is 24.6. The number of carbonyl (C=O) groups excluding carboxylic acids is 1. The third-order valence-electron chi connectivity index (χ3n) is 6.42. The molecule has 36 heavy (non-hydrogen) atoms. The molecule has 2 unspecified atom stereocenters. The first-order valence-electron chi connectivity index (χ1n) is 14.9.